The summed E-state index contributed by atoms with van der Waals surface area (Å²) in [6.45, 7) is 7.25. The Hall–Kier alpha value is -1.04. The number of alkyl halides is 1. The second-order valence-corrected chi connectivity index (χ2v) is 11.7. The fourth-order valence-corrected chi connectivity index (χ4v) is 8.45. The first-order chi connectivity index (χ1) is 14.8. The molecule has 2 N–H and O–H groups in total. The van der Waals surface area contributed by atoms with Gasteiger partial charge in [-0.05, 0) is 87.2 Å². The van der Waals surface area contributed by atoms with Crippen LogP contribution in [-0.2, 0) is 9.53 Å². The normalized spacial score (nSPS) is 53.7. The molecule has 4 nitrogen and oxygen atoms in total. The third-order valence-electron chi connectivity index (χ3n) is 10.1. The van der Waals surface area contributed by atoms with E-state index in [0.717, 1.165) is 49.8 Å². The summed E-state index contributed by atoms with van der Waals surface area (Å²) in [4.78, 5) is 14.0. The predicted molar refractivity (Wildman–Crippen MR) is 116 cm³/mol. The van der Waals surface area contributed by atoms with Gasteiger partial charge in [0.05, 0.1) is 18.2 Å². The molecule has 0 bridgehead atoms. The fraction of sp³-hybridized carbons (Fsp3) is 0.808. The van der Waals surface area contributed by atoms with E-state index in [-0.39, 0.29) is 41.3 Å². The van der Waals surface area contributed by atoms with Gasteiger partial charge in [0.25, 0.3) is 0 Å². The molecule has 1 spiro atoms. The highest BCUT2D eigenvalue weighted by Gasteiger charge is 2.64. The molecular weight excluding hydrogens is 393 g/mol. The van der Waals surface area contributed by atoms with Gasteiger partial charge in [-0.2, -0.15) is 0 Å². The Labute approximate surface area is 184 Å². The maximum atomic E-state index is 15.9. The molecule has 0 radical (unpaired) electrons. The van der Waals surface area contributed by atoms with E-state index in [1.165, 1.54) is 5.57 Å². The summed E-state index contributed by atoms with van der Waals surface area (Å²) >= 11 is 0. The summed E-state index contributed by atoms with van der Waals surface area (Å²) in [7, 11) is 0. The van der Waals surface area contributed by atoms with Crippen molar-refractivity contribution in [3.8, 4) is 0 Å². The van der Waals surface area contributed by atoms with E-state index in [9.17, 15) is 9.90 Å². The molecule has 1 unspecified atom stereocenters. The Bertz CT molecular complexity index is 882. The van der Waals surface area contributed by atoms with Crippen LogP contribution in [0, 0.1) is 29.1 Å². The Balaban J connectivity index is 1.39. The van der Waals surface area contributed by atoms with Crippen LogP contribution in [0.25, 0.3) is 0 Å². The SMILES string of the molecule is CC1=C2C(=O)[C@H]3[C@@H](CC=C4C[C@@H](O)CC[C@@]43C)[C@@H]2CC[C@]12O[C@@H]1C[C@H](C)CNC1[C@H]2F. The molecule has 0 aromatic heterocycles. The highest BCUT2D eigenvalue weighted by Crippen LogP contribution is 2.63. The zero-order valence-electron chi connectivity index (χ0n) is 19.0. The number of carbonyl (C=O) groups is 1. The van der Waals surface area contributed by atoms with Gasteiger partial charge in [0.1, 0.15) is 5.60 Å². The number of ketones is 1. The summed E-state index contributed by atoms with van der Waals surface area (Å²) < 4.78 is 22.5. The number of allylic oxidation sites excluding steroid dienone is 2. The molecule has 4 aliphatic carbocycles. The lowest BCUT2D eigenvalue weighted by Gasteiger charge is -2.48. The number of aliphatic hydroxyl groups is 1. The van der Waals surface area contributed by atoms with Crippen molar-refractivity contribution in [3.63, 3.8) is 0 Å². The van der Waals surface area contributed by atoms with Crippen molar-refractivity contribution in [2.45, 2.75) is 95.7 Å². The summed E-state index contributed by atoms with van der Waals surface area (Å²) in [6, 6.07) is -0.257. The van der Waals surface area contributed by atoms with Gasteiger partial charge in [0, 0.05) is 11.5 Å². The number of carbonyl (C=O) groups excluding carboxylic acids is 1. The molecule has 0 aromatic carbocycles. The zero-order valence-corrected chi connectivity index (χ0v) is 19.0. The molecule has 6 rings (SSSR count). The van der Waals surface area contributed by atoms with E-state index in [1.807, 2.05) is 6.92 Å². The maximum absolute atomic E-state index is 15.9. The number of rotatable bonds is 0. The van der Waals surface area contributed by atoms with Crippen LogP contribution in [0.2, 0.25) is 0 Å². The van der Waals surface area contributed by atoms with Crippen molar-refractivity contribution in [2.24, 2.45) is 29.1 Å². The van der Waals surface area contributed by atoms with Crippen LogP contribution >= 0.6 is 0 Å². The number of hydrogen-bond donors (Lipinski definition) is 2. The number of halogens is 1. The summed E-state index contributed by atoms with van der Waals surface area (Å²) in [6.07, 6.45) is 6.49. The molecule has 4 fully saturated rings. The molecule has 5 heteroatoms. The first-order valence-electron chi connectivity index (χ1n) is 12.4. The Morgan fingerprint density at radius 2 is 2.10 bits per heavy atom. The van der Waals surface area contributed by atoms with Crippen LogP contribution < -0.4 is 5.32 Å². The van der Waals surface area contributed by atoms with Crippen molar-refractivity contribution in [3.05, 3.63) is 22.8 Å². The molecule has 31 heavy (non-hydrogen) atoms. The van der Waals surface area contributed by atoms with E-state index >= 15 is 4.39 Å². The number of Topliss-reactive ketones (excluding diaryl/α,β-unsaturated/α-hetero) is 1. The lowest BCUT2D eigenvalue weighted by atomic mass is 9.56. The minimum atomic E-state index is -1.09. The molecule has 0 amide bonds. The van der Waals surface area contributed by atoms with Gasteiger partial charge < -0.3 is 15.2 Å². The topological polar surface area (TPSA) is 58.6 Å². The molecule has 0 aromatic rings. The van der Waals surface area contributed by atoms with E-state index in [2.05, 4.69) is 25.2 Å². The minimum Gasteiger partial charge on any atom is -0.393 e. The van der Waals surface area contributed by atoms with Gasteiger partial charge in [-0.15, -0.1) is 0 Å². The highest BCUT2D eigenvalue weighted by atomic mass is 19.1. The van der Waals surface area contributed by atoms with Crippen molar-refractivity contribution >= 4 is 5.78 Å². The first kappa shape index (κ1) is 20.6. The average Bonchev–Trinajstić information content (AvgIpc) is 3.18. The van der Waals surface area contributed by atoms with Crippen molar-refractivity contribution in [1.82, 2.24) is 5.32 Å². The number of piperidine rings is 1. The predicted octanol–water partition coefficient (Wildman–Crippen LogP) is 3.88. The number of hydrogen-bond acceptors (Lipinski definition) is 4. The van der Waals surface area contributed by atoms with Crippen LogP contribution in [0.3, 0.4) is 0 Å². The summed E-state index contributed by atoms with van der Waals surface area (Å²) in [5.41, 5.74) is 1.98. The smallest absolute Gasteiger partial charge is 0.163 e. The van der Waals surface area contributed by atoms with Gasteiger partial charge in [0.2, 0.25) is 0 Å². The second-order valence-electron chi connectivity index (χ2n) is 11.7. The third-order valence-corrected chi connectivity index (χ3v) is 10.1. The Morgan fingerprint density at radius 1 is 1.29 bits per heavy atom. The maximum Gasteiger partial charge on any atom is 0.163 e. The second kappa shape index (κ2) is 6.74. The van der Waals surface area contributed by atoms with Crippen LogP contribution in [0.1, 0.15) is 65.7 Å². The molecule has 2 heterocycles. The standard InChI is InChI=1S/C26H36FNO3/c1-13-10-19-22(28-12-13)24(27)26(31-19)9-7-17-18-5-4-15-11-16(29)6-8-25(15,3)21(18)23(30)20(17)14(26)2/h4,13,16-19,21-22,24,28-29H,5-12H2,1-3H3/t13-,16-,17-,18-,19+,21+,22?,24+,25-,26-/m0/s1. The van der Waals surface area contributed by atoms with Gasteiger partial charge >= 0.3 is 0 Å². The van der Waals surface area contributed by atoms with E-state index in [0.29, 0.717) is 24.7 Å². The van der Waals surface area contributed by atoms with Crippen molar-refractivity contribution < 1.29 is 19.0 Å². The van der Waals surface area contributed by atoms with Crippen LogP contribution in [0.15, 0.2) is 22.8 Å². The Morgan fingerprint density at radius 3 is 2.90 bits per heavy atom. The van der Waals surface area contributed by atoms with Gasteiger partial charge in [-0.3, -0.25) is 4.79 Å². The van der Waals surface area contributed by atoms with Crippen LogP contribution in [0.4, 0.5) is 4.39 Å². The monoisotopic (exact) mass is 429 g/mol. The van der Waals surface area contributed by atoms with Gasteiger partial charge in [0.15, 0.2) is 12.0 Å². The Kier molecular flexibility index (Phi) is 4.47. The molecule has 170 valence electrons. The summed E-state index contributed by atoms with van der Waals surface area (Å²) in [5.74, 6) is 1.26. The lowest BCUT2D eigenvalue weighted by Crippen LogP contribution is -2.52. The highest BCUT2D eigenvalue weighted by molar-refractivity contribution is 6.02. The average molecular weight is 430 g/mol. The number of fused-ring (bicyclic) bond motifs is 6. The van der Waals surface area contributed by atoms with Gasteiger partial charge in [-0.1, -0.05) is 25.5 Å². The number of aliphatic hydroxyl groups excluding tert-OH is 1. The number of nitrogens with one attached hydrogen (secondary N) is 1. The lowest BCUT2D eigenvalue weighted by molar-refractivity contribution is -0.123. The van der Waals surface area contributed by atoms with E-state index < -0.39 is 11.8 Å². The van der Waals surface area contributed by atoms with Gasteiger partial charge in [-0.25, -0.2) is 4.39 Å². The van der Waals surface area contributed by atoms with Crippen molar-refractivity contribution in [1.29, 1.82) is 0 Å². The molecule has 2 saturated heterocycles. The number of ether oxygens (including phenoxy) is 1. The zero-order chi connectivity index (χ0) is 21.7. The molecule has 2 aliphatic heterocycles. The molecule has 6 aliphatic rings. The van der Waals surface area contributed by atoms with E-state index in [4.69, 9.17) is 4.74 Å². The van der Waals surface area contributed by atoms with Crippen LogP contribution in [0.5, 0.6) is 0 Å². The van der Waals surface area contributed by atoms with Crippen molar-refractivity contribution in [2.75, 3.05) is 6.54 Å². The molecular formula is C26H36FNO3. The largest absolute Gasteiger partial charge is 0.393 e. The molecule has 2 saturated carbocycles. The quantitative estimate of drug-likeness (QED) is 0.574. The summed E-state index contributed by atoms with van der Waals surface area (Å²) in [5, 5.41) is 13.6. The van der Waals surface area contributed by atoms with Crippen LogP contribution in [-0.4, -0.2) is 47.5 Å². The minimum absolute atomic E-state index is 0.0232. The van der Waals surface area contributed by atoms with E-state index in [1.54, 1.807) is 0 Å². The third kappa shape index (κ3) is 2.60. The molecule has 10 atom stereocenters. The first-order valence-corrected chi connectivity index (χ1v) is 12.4. The fourth-order valence-electron chi connectivity index (χ4n) is 8.45.